The van der Waals surface area contributed by atoms with E-state index in [0.29, 0.717) is 5.56 Å². The summed E-state index contributed by atoms with van der Waals surface area (Å²) in [6.07, 6.45) is 0.0194. The SMILES string of the molecule is O=C(N[C@H](Cc1ccc(-c2ccccc2)cc1)C(=O)O)c1cc(Cl)ccc1NS(=O)(=O)c1ccc(-c2ccccc2)cc1. The van der Waals surface area contributed by atoms with Gasteiger partial charge in [-0.15, -0.1) is 0 Å². The quantitative estimate of drug-likeness (QED) is 0.159. The van der Waals surface area contributed by atoms with Crippen LogP contribution in [0.2, 0.25) is 5.02 Å². The van der Waals surface area contributed by atoms with Crippen LogP contribution in [-0.4, -0.2) is 31.4 Å². The summed E-state index contributed by atoms with van der Waals surface area (Å²) < 4.78 is 28.9. The predicted molar refractivity (Wildman–Crippen MR) is 169 cm³/mol. The lowest BCUT2D eigenvalue weighted by molar-refractivity contribution is -0.139. The lowest BCUT2D eigenvalue weighted by Crippen LogP contribution is -2.42. The molecular formula is C34H27ClN2O5S. The molecule has 1 amide bonds. The van der Waals surface area contributed by atoms with E-state index in [2.05, 4.69) is 10.0 Å². The zero-order valence-electron chi connectivity index (χ0n) is 22.8. The zero-order chi connectivity index (χ0) is 30.4. The Bertz CT molecular complexity index is 1850. The monoisotopic (exact) mass is 610 g/mol. The molecule has 0 saturated heterocycles. The topological polar surface area (TPSA) is 113 Å². The fraction of sp³-hybridized carbons (Fsp3) is 0.0588. The predicted octanol–water partition coefficient (Wildman–Crippen LogP) is 6.90. The van der Waals surface area contributed by atoms with Gasteiger partial charge in [0.15, 0.2) is 0 Å². The van der Waals surface area contributed by atoms with Gasteiger partial charge in [-0.3, -0.25) is 9.52 Å². The van der Waals surface area contributed by atoms with Crippen LogP contribution in [-0.2, 0) is 21.2 Å². The van der Waals surface area contributed by atoms with Gasteiger partial charge in [0, 0.05) is 11.4 Å². The van der Waals surface area contributed by atoms with Crippen molar-refractivity contribution >= 4 is 39.2 Å². The van der Waals surface area contributed by atoms with Gasteiger partial charge in [-0.2, -0.15) is 0 Å². The first kappa shape index (κ1) is 29.6. The van der Waals surface area contributed by atoms with Gasteiger partial charge < -0.3 is 10.4 Å². The molecule has 0 radical (unpaired) electrons. The largest absolute Gasteiger partial charge is 0.480 e. The van der Waals surface area contributed by atoms with Crippen LogP contribution < -0.4 is 10.0 Å². The molecule has 216 valence electrons. The van der Waals surface area contributed by atoms with Gasteiger partial charge in [0.1, 0.15) is 6.04 Å². The number of rotatable bonds is 10. The van der Waals surface area contributed by atoms with Crippen molar-refractivity contribution in [1.29, 1.82) is 0 Å². The van der Waals surface area contributed by atoms with Crippen molar-refractivity contribution in [2.24, 2.45) is 0 Å². The van der Waals surface area contributed by atoms with E-state index in [1.165, 1.54) is 30.3 Å². The minimum Gasteiger partial charge on any atom is -0.480 e. The van der Waals surface area contributed by atoms with Gasteiger partial charge in [0.05, 0.1) is 16.1 Å². The number of amides is 1. The fourth-order valence-corrected chi connectivity index (χ4v) is 5.84. The Morgan fingerprint density at radius 1 is 0.698 bits per heavy atom. The van der Waals surface area contributed by atoms with Crippen molar-refractivity contribution in [3.05, 3.63) is 144 Å². The van der Waals surface area contributed by atoms with Crippen LogP contribution in [0.15, 0.2) is 132 Å². The van der Waals surface area contributed by atoms with Crippen LogP contribution in [0, 0.1) is 0 Å². The molecule has 0 fully saturated rings. The number of nitrogens with one attached hydrogen (secondary N) is 2. The van der Waals surface area contributed by atoms with Gasteiger partial charge in [-0.05, 0) is 58.1 Å². The molecule has 9 heteroatoms. The fourth-order valence-electron chi connectivity index (χ4n) is 4.59. The maximum Gasteiger partial charge on any atom is 0.326 e. The van der Waals surface area contributed by atoms with Crippen molar-refractivity contribution in [1.82, 2.24) is 5.32 Å². The van der Waals surface area contributed by atoms with Gasteiger partial charge in [0.25, 0.3) is 15.9 Å². The van der Waals surface area contributed by atoms with Crippen molar-refractivity contribution < 1.29 is 23.1 Å². The summed E-state index contributed by atoms with van der Waals surface area (Å²) in [6, 6.07) is 35.9. The van der Waals surface area contributed by atoms with E-state index in [1.54, 1.807) is 12.1 Å². The Kier molecular flexibility index (Phi) is 8.90. The summed E-state index contributed by atoms with van der Waals surface area (Å²) in [5.74, 6) is -2.02. The summed E-state index contributed by atoms with van der Waals surface area (Å²) in [5, 5.41) is 12.6. The molecule has 5 rings (SSSR count). The average molecular weight is 611 g/mol. The molecule has 0 aliphatic heterocycles. The van der Waals surface area contributed by atoms with Crippen molar-refractivity contribution in [2.45, 2.75) is 17.4 Å². The number of halogens is 1. The second-order valence-corrected chi connectivity index (χ2v) is 11.9. The van der Waals surface area contributed by atoms with E-state index in [9.17, 15) is 23.1 Å². The summed E-state index contributed by atoms with van der Waals surface area (Å²) >= 11 is 6.15. The Balaban J connectivity index is 1.33. The number of carboxylic acids is 1. The lowest BCUT2D eigenvalue weighted by Gasteiger charge is -2.17. The van der Waals surface area contributed by atoms with Crippen LogP contribution >= 0.6 is 11.6 Å². The molecular weight excluding hydrogens is 584 g/mol. The van der Waals surface area contributed by atoms with Crippen molar-refractivity contribution in [2.75, 3.05) is 4.72 Å². The Morgan fingerprint density at radius 2 is 1.21 bits per heavy atom. The second-order valence-electron chi connectivity index (χ2n) is 9.82. The first-order chi connectivity index (χ1) is 20.7. The highest BCUT2D eigenvalue weighted by Gasteiger charge is 2.25. The van der Waals surface area contributed by atoms with Crippen LogP contribution in [0.5, 0.6) is 0 Å². The number of carbonyl (C=O) groups is 2. The maximum absolute atomic E-state index is 13.3. The van der Waals surface area contributed by atoms with E-state index in [1.807, 2.05) is 84.9 Å². The van der Waals surface area contributed by atoms with Gasteiger partial charge in [0.2, 0.25) is 0 Å². The molecule has 5 aromatic rings. The van der Waals surface area contributed by atoms with E-state index >= 15 is 0 Å². The number of sulfonamides is 1. The molecule has 0 unspecified atom stereocenters. The molecule has 0 saturated carbocycles. The minimum absolute atomic E-state index is 0.00384. The smallest absolute Gasteiger partial charge is 0.326 e. The third-order valence-electron chi connectivity index (χ3n) is 6.85. The molecule has 0 bridgehead atoms. The number of benzene rings is 5. The van der Waals surface area contributed by atoms with Crippen LogP contribution in [0.25, 0.3) is 22.3 Å². The summed E-state index contributed by atoms with van der Waals surface area (Å²) in [7, 11) is -4.09. The van der Waals surface area contributed by atoms with Crippen LogP contribution in [0.1, 0.15) is 15.9 Å². The normalized spacial score (nSPS) is 11.8. The number of carboxylic acid groups (broad SMARTS) is 1. The molecule has 43 heavy (non-hydrogen) atoms. The Hall–Kier alpha value is -4.92. The molecule has 0 aromatic heterocycles. The first-order valence-electron chi connectivity index (χ1n) is 13.4. The summed E-state index contributed by atoms with van der Waals surface area (Å²) in [5.41, 5.74) is 4.36. The second kappa shape index (κ2) is 12.9. The summed E-state index contributed by atoms with van der Waals surface area (Å²) in [4.78, 5) is 25.4. The zero-order valence-corrected chi connectivity index (χ0v) is 24.3. The summed E-state index contributed by atoms with van der Waals surface area (Å²) in [6.45, 7) is 0. The first-order valence-corrected chi connectivity index (χ1v) is 15.2. The van der Waals surface area contributed by atoms with Crippen molar-refractivity contribution in [3.8, 4) is 22.3 Å². The molecule has 1 atom stereocenters. The standard InChI is InChI=1S/C34H27ClN2O5S/c35-28-17-20-31(37-43(41,42)29-18-15-27(16-19-29)25-9-5-2-6-10-25)30(22-28)33(38)36-32(34(39)40)21-23-11-13-26(14-12-23)24-7-3-1-4-8-24/h1-20,22,32,37H,21H2,(H,36,38)(H,39,40)/t32-/m1/s1. The van der Waals surface area contributed by atoms with Crippen molar-refractivity contribution in [3.63, 3.8) is 0 Å². The number of hydrogen-bond donors (Lipinski definition) is 3. The highest BCUT2D eigenvalue weighted by molar-refractivity contribution is 7.92. The highest BCUT2D eigenvalue weighted by atomic mass is 35.5. The molecule has 7 nitrogen and oxygen atoms in total. The minimum atomic E-state index is -4.09. The molecule has 3 N–H and O–H groups in total. The molecule has 0 heterocycles. The number of hydrogen-bond acceptors (Lipinski definition) is 4. The van der Waals surface area contributed by atoms with E-state index in [0.717, 1.165) is 22.3 Å². The lowest BCUT2D eigenvalue weighted by atomic mass is 10.0. The van der Waals surface area contributed by atoms with Crippen LogP contribution in [0.4, 0.5) is 5.69 Å². The van der Waals surface area contributed by atoms with Crippen LogP contribution in [0.3, 0.4) is 0 Å². The third kappa shape index (κ3) is 7.30. The van der Waals surface area contributed by atoms with Gasteiger partial charge in [-0.25, -0.2) is 13.2 Å². The van der Waals surface area contributed by atoms with Gasteiger partial charge in [-0.1, -0.05) is 109 Å². The number of carbonyl (C=O) groups excluding carboxylic acids is 1. The third-order valence-corrected chi connectivity index (χ3v) is 8.46. The number of aliphatic carboxylic acids is 1. The van der Waals surface area contributed by atoms with E-state index in [4.69, 9.17) is 11.6 Å². The molecule has 0 aliphatic carbocycles. The molecule has 0 spiro atoms. The number of anilines is 1. The molecule has 0 aliphatic rings. The highest BCUT2D eigenvalue weighted by Crippen LogP contribution is 2.26. The Morgan fingerprint density at radius 3 is 1.74 bits per heavy atom. The van der Waals surface area contributed by atoms with E-state index < -0.39 is 27.9 Å². The van der Waals surface area contributed by atoms with E-state index in [-0.39, 0.29) is 27.6 Å². The Labute approximate surface area is 254 Å². The average Bonchev–Trinajstić information content (AvgIpc) is 3.02. The maximum atomic E-state index is 13.3. The molecule has 5 aromatic carbocycles. The van der Waals surface area contributed by atoms with Gasteiger partial charge >= 0.3 is 5.97 Å².